The topological polar surface area (TPSA) is 111 Å². The summed E-state index contributed by atoms with van der Waals surface area (Å²) in [5.41, 5.74) is 0. The van der Waals surface area contributed by atoms with E-state index in [-0.39, 0.29) is 20.4 Å². The minimum atomic E-state index is -2.00. The zero-order valence-electron chi connectivity index (χ0n) is 47.9. The second kappa shape index (κ2) is 38.7. The Bertz CT molecular complexity index is 2810. The molecule has 0 saturated heterocycles. The molecule has 0 aliphatic heterocycles. The molecule has 0 heterocycles. The molecule has 0 aliphatic rings. The van der Waals surface area contributed by atoms with Crippen LogP contribution >= 0.6 is 34.4 Å². The summed E-state index contributed by atoms with van der Waals surface area (Å²) in [6.07, 6.45) is 0. The first-order valence-electron chi connectivity index (χ1n) is 27.8. The molecule has 0 bridgehead atoms. The largest absolute Gasteiger partial charge is 0.528 e. The van der Waals surface area contributed by atoms with Crippen molar-refractivity contribution in [1.82, 2.24) is 0 Å². The van der Waals surface area contributed by atoms with E-state index in [4.69, 9.17) is 54.3 Å². The first-order chi connectivity index (χ1) is 43.6. The summed E-state index contributed by atoms with van der Waals surface area (Å²) in [5.74, 6) is 8.70. The van der Waals surface area contributed by atoms with Crippen LogP contribution in [0.4, 0.5) is 0 Å². The van der Waals surface area contributed by atoms with Crippen LogP contribution in [0, 0.1) is 0 Å². The molecule has 0 amide bonds. The van der Waals surface area contributed by atoms with Crippen molar-refractivity contribution in [2.45, 2.75) is 0 Å². The van der Waals surface area contributed by atoms with E-state index >= 15 is 0 Å². The van der Waals surface area contributed by atoms with Gasteiger partial charge in [0.15, 0.2) is 69.0 Å². The molecule has 0 atom stereocenters. The Balaban J connectivity index is 0.000000153. The van der Waals surface area contributed by atoms with Crippen LogP contribution in [0.15, 0.2) is 364 Å². The quantitative estimate of drug-likeness (QED) is 0.0424. The molecule has 89 heavy (non-hydrogen) atoms. The van der Waals surface area contributed by atoms with Crippen molar-refractivity contribution in [3.63, 3.8) is 0 Å². The maximum absolute atomic E-state index is 5.88. The first-order valence-corrected chi connectivity index (χ1v) is 32.7. The Labute approximate surface area is 538 Å². The predicted octanol–water partition coefficient (Wildman–Crippen LogP) is 20.7. The average molecular weight is 1350 g/mol. The molecule has 12 aromatic rings. The van der Waals surface area contributed by atoms with Gasteiger partial charge in [0.1, 0.15) is 0 Å². The van der Waals surface area contributed by atoms with Gasteiger partial charge in [0.25, 0.3) is 0 Å². The molecule has 0 fully saturated rings. The standard InChI is InChI=1S/4C18H16O3P.Pd/c4*1-4-10-16(11-5-1)19-22(20-17-12-6-2-7-13-17)21-18-14-8-3-9-15-18;/h4*1-15,22H;/q4*+1;. The Kier molecular flexibility index (Phi) is 28.5. The van der Waals surface area contributed by atoms with Gasteiger partial charge in [-0.15, -0.1) is 0 Å². The number of para-hydroxylation sites is 12. The molecule has 12 rings (SSSR count). The van der Waals surface area contributed by atoms with E-state index in [0.717, 1.165) is 69.0 Å². The van der Waals surface area contributed by atoms with Crippen LogP contribution in [-0.2, 0) is 20.4 Å². The molecule has 0 aromatic heterocycles. The maximum Gasteiger partial charge on any atom is 0.528 e. The normalized spacial score (nSPS) is 10.1. The van der Waals surface area contributed by atoms with Gasteiger partial charge in [-0.05, 0) is 146 Å². The Morgan fingerprint density at radius 3 is 0.247 bits per heavy atom. The number of hydrogen-bond donors (Lipinski definition) is 0. The van der Waals surface area contributed by atoms with Crippen molar-refractivity contribution in [2.24, 2.45) is 0 Å². The molecule has 12 aromatic carbocycles. The molecule has 0 radical (unpaired) electrons. The second-order valence-corrected chi connectivity index (χ2v) is 22.4. The molecule has 12 nitrogen and oxygen atoms in total. The van der Waals surface area contributed by atoms with Crippen LogP contribution in [0.5, 0.6) is 69.0 Å². The third-order valence-corrected chi connectivity index (χ3v) is 16.2. The third-order valence-electron chi connectivity index (χ3n) is 11.3. The van der Waals surface area contributed by atoms with Crippen molar-refractivity contribution < 1.29 is 74.7 Å². The molecule has 0 N–H and O–H groups in total. The number of benzene rings is 12. The Hall–Kier alpha value is -9.38. The van der Waals surface area contributed by atoms with Crippen LogP contribution in [0.2, 0.25) is 0 Å². The van der Waals surface area contributed by atoms with Crippen molar-refractivity contribution in [3.05, 3.63) is 364 Å². The fraction of sp³-hybridized carbons (Fsp3) is 0. The molecule has 17 heteroatoms. The molecule has 0 aliphatic carbocycles. The van der Waals surface area contributed by atoms with E-state index in [2.05, 4.69) is 0 Å². The van der Waals surface area contributed by atoms with Gasteiger partial charge in [0.2, 0.25) is 0 Å². The SMILES string of the molecule is [Pd].c1ccc(O[PH+](Oc2ccccc2)Oc2ccccc2)cc1.c1ccc(O[PH+](Oc2ccccc2)Oc2ccccc2)cc1.c1ccc(O[PH+](Oc2ccccc2)Oc2ccccc2)cc1.c1ccc(O[PH+](Oc2ccccc2)Oc2ccccc2)cc1. The van der Waals surface area contributed by atoms with E-state index in [1.807, 2.05) is 364 Å². The zero-order valence-corrected chi connectivity index (χ0v) is 53.4. The van der Waals surface area contributed by atoms with E-state index in [1.165, 1.54) is 0 Å². The summed E-state index contributed by atoms with van der Waals surface area (Å²) in [4.78, 5) is 0. The first kappa shape index (κ1) is 65.6. The summed E-state index contributed by atoms with van der Waals surface area (Å²) < 4.78 is 70.6. The van der Waals surface area contributed by atoms with Gasteiger partial charge in [0.05, 0.1) is 0 Å². The van der Waals surface area contributed by atoms with Crippen LogP contribution in [0.3, 0.4) is 0 Å². The fourth-order valence-electron chi connectivity index (χ4n) is 7.27. The Morgan fingerprint density at radius 1 is 0.112 bits per heavy atom. The minimum Gasteiger partial charge on any atom is -0.273 e. The monoisotopic (exact) mass is 1350 g/mol. The van der Waals surface area contributed by atoms with Gasteiger partial charge >= 0.3 is 34.4 Å². The van der Waals surface area contributed by atoms with Crippen molar-refractivity contribution in [2.75, 3.05) is 0 Å². The molecular formula is C72H64O12P4Pd+4. The van der Waals surface area contributed by atoms with Gasteiger partial charge in [-0.2, -0.15) is 0 Å². The van der Waals surface area contributed by atoms with Gasteiger partial charge in [-0.25, -0.2) is 0 Å². The third kappa shape index (κ3) is 25.5. The Morgan fingerprint density at radius 2 is 0.180 bits per heavy atom. The molecular weight excluding hydrogens is 1290 g/mol. The summed E-state index contributed by atoms with van der Waals surface area (Å²) in [6.45, 7) is 0. The summed E-state index contributed by atoms with van der Waals surface area (Å²) in [6, 6.07) is 114. The van der Waals surface area contributed by atoms with E-state index < -0.39 is 34.4 Å². The minimum absolute atomic E-state index is 0. The van der Waals surface area contributed by atoms with Gasteiger partial charge < -0.3 is 0 Å². The molecule has 450 valence electrons. The van der Waals surface area contributed by atoms with Gasteiger partial charge in [0, 0.05) is 20.4 Å². The average Bonchev–Trinajstić information content (AvgIpc) is 3.73. The zero-order chi connectivity index (χ0) is 60.1. The number of hydrogen-bond acceptors (Lipinski definition) is 12. The molecule has 0 saturated carbocycles. The van der Waals surface area contributed by atoms with E-state index in [0.29, 0.717) is 0 Å². The van der Waals surface area contributed by atoms with E-state index in [1.54, 1.807) is 0 Å². The van der Waals surface area contributed by atoms with Crippen molar-refractivity contribution >= 4 is 34.4 Å². The summed E-state index contributed by atoms with van der Waals surface area (Å²) in [5, 5.41) is 0. The smallest absolute Gasteiger partial charge is 0.273 e. The van der Waals surface area contributed by atoms with Gasteiger partial charge in [-0.1, -0.05) is 218 Å². The maximum atomic E-state index is 5.88. The summed E-state index contributed by atoms with van der Waals surface area (Å²) >= 11 is 0. The summed E-state index contributed by atoms with van der Waals surface area (Å²) in [7, 11) is -8.01. The van der Waals surface area contributed by atoms with Crippen molar-refractivity contribution in [3.8, 4) is 69.0 Å². The molecule has 0 unspecified atom stereocenters. The number of rotatable bonds is 24. The van der Waals surface area contributed by atoms with E-state index in [9.17, 15) is 0 Å². The van der Waals surface area contributed by atoms with Crippen LogP contribution in [0.1, 0.15) is 0 Å². The van der Waals surface area contributed by atoms with Crippen LogP contribution < -0.4 is 54.3 Å². The van der Waals surface area contributed by atoms with Crippen LogP contribution in [0.25, 0.3) is 0 Å². The van der Waals surface area contributed by atoms with Crippen molar-refractivity contribution in [1.29, 1.82) is 0 Å². The van der Waals surface area contributed by atoms with Crippen LogP contribution in [-0.4, -0.2) is 0 Å². The predicted molar refractivity (Wildman–Crippen MR) is 358 cm³/mol. The second-order valence-electron chi connectivity index (χ2n) is 18.0. The fourth-order valence-corrected chi connectivity index (χ4v) is 11.7. The molecule has 0 spiro atoms. The van der Waals surface area contributed by atoms with Gasteiger partial charge in [-0.3, -0.25) is 54.3 Å².